The maximum absolute atomic E-state index is 12.6. The molecular formula is C25H22ClN3O6. The Bertz CT molecular complexity index is 1250. The van der Waals surface area contributed by atoms with E-state index in [0.29, 0.717) is 11.3 Å². The number of halogens is 1. The van der Waals surface area contributed by atoms with Gasteiger partial charge in [0.2, 0.25) is 5.91 Å². The number of anilines is 1. The van der Waals surface area contributed by atoms with Crippen molar-refractivity contribution >= 4 is 41.0 Å². The van der Waals surface area contributed by atoms with Crippen molar-refractivity contribution in [1.29, 1.82) is 0 Å². The highest BCUT2D eigenvalue weighted by Crippen LogP contribution is 2.19. The summed E-state index contributed by atoms with van der Waals surface area (Å²) in [5.41, 5.74) is 1.32. The molecule has 3 aromatic rings. The topological polar surface area (TPSA) is 145 Å². The Morgan fingerprint density at radius 3 is 2.29 bits per heavy atom. The molecule has 35 heavy (non-hydrogen) atoms. The Hall–Kier alpha value is -4.37. The molecule has 3 aromatic carbocycles. The number of benzene rings is 3. The second-order valence-corrected chi connectivity index (χ2v) is 7.94. The van der Waals surface area contributed by atoms with Gasteiger partial charge in [0.05, 0.1) is 17.0 Å². The van der Waals surface area contributed by atoms with Crippen LogP contribution in [0.4, 0.5) is 5.69 Å². The van der Waals surface area contributed by atoms with E-state index >= 15 is 0 Å². The molecule has 1 atom stereocenters. The van der Waals surface area contributed by atoms with E-state index in [1.807, 2.05) is 0 Å². The van der Waals surface area contributed by atoms with E-state index in [9.17, 15) is 29.4 Å². The number of phenols is 1. The Labute approximate surface area is 205 Å². The first kappa shape index (κ1) is 25.3. The van der Waals surface area contributed by atoms with Gasteiger partial charge in [-0.1, -0.05) is 41.9 Å². The first-order chi connectivity index (χ1) is 16.7. The standard InChI is InChI=1S/C25H22ClN3O6/c26-20-12-16(23(32)27-14-15-5-4-8-18(30)11-15)9-10-19(20)24(33)29-21(25(34)35)13-22(31)28-17-6-2-1-3-7-17/h1-12,21,30H,13-14H2,(H,27,32)(H,28,31)(H,29,33)(H,34,35)/t21-/m0/s1. The predicted molar refractivity (Wildman–Crippen MR) is 129 cm³/mol. The van der Waals surface area contributed by atoms with Gasteiger partial charge in [0.25, 0.3) is 11.8 Å². The number of aromatic hydroxyl groups is 1. The molecule has 0 bridgehead atoms. The molecule has 0 spiro atoms. The van der Waals surface area contributed by atoms with E-state index in [0.717, 1.165) is 0 Å². The monoisotopic (exact) mass is 495 g/mol. The largest absolute Gasteiger partial charge is 0.508 e. The molecular weight excluding hydrogens is 474 g/mol. The van der Waals surface area contributed by atoms with E-state index in [-0.39, 0.29) is 28.4 Å². The number of carboxylic acid groups (broad SMARTS) is 1. The summed E-state index contributed by atoms with van der Waals surface area (Å²) >= 11 is 6.18. The zero-order valence-electron chi connectivity index (χ0n) is 18.3. The summed E-state index contributed by atoms with van der Waals surface area (Å²) in [7, 11) is 0. The van der Waals surface area contributed by atoms with Crippen LogP contribution in [-0.4, -0.2) is 39.9 Å². The quantitative estimate of drug-likeness (QED) is 0.308. The molecule has 180 valence electrons. The summed E-state index contributed by atoms with van der Waals surface area (Å²) in [5.74, 6) is -3.16. The van der Waals surface area contributed by atoms with Crippen molar-refractivity contribution < 1.29 is 29.4 Å². The van der Waals surface area contributed by atoms with Crippen LogP contribution in [0, 0.1) is 0 Å². The number of amides is 3. The molecule has 0 aliphatic heterocycles. The van der Waals surface area contributed by atoms with Crippen molar-refractivity contribution in [3.8, 4) is 5.75 Å². The molecule has 3 rings (SSSR count). The lowest BCUT2D eigenvalue weighted by molar-refractivity contribution is -0.140. The lowest BCUT2D eigenvalue weighted by Crippen LogP contribution is -2.43. The number of rotatable bonds is 9. The van der Waals surface area contributed by atoms with Crippen LogP contribution in [-0.2, 0) is 16.1 Å². The first-order valence-electron chi connectivity index (χ1n) is 10.5. The van der Waals surface area contributed by atoms with Crippen molar-refractivity contribution in [1.82, 2.24) is 10.6 Å². The number of phenolic OH excluding ortho intramolecular Hbond substituents is 1. The number of carboxylic acids is 1. The summed E-state index contributed by atoms with van der Waals surface area (Å²) in [6, 6.07) is 17.4. The third-order valence-corrected chi connectivity index (χ3v) is 5.20. The van der Waals surface area contributed by atoms with Gasteiger partial charge in [-0.15, -0.1) is 0 Å². The normalized spacial score (nSPS) is 11.2. The molecule has 0 saturated heterocycles. The van der Waals surface area contributed by atoms with Crippen LogP contribution in [0.25, 0.3) is 0 Å². The Morgan fingerprint density at radius 2 is 1.63 bits per heavy atom. The van der Waals surface area contributed by atoms with Gasteiger partial charge in [-0.3, -0.25) is 14.4 Å². The van der Waals surface area contributed by atoms with Gasteiger partial charge < -0.3 is 26.2 Å². The zero-order chi connectivity index (χ0) is 25.4. The van der Waals surface area contributed by atoms with E-state index in [4.69, 9.17) is 11.6 Å². The lowest BCUT2D eigenvalue weighted by atomic mass is 10.1. The average Bonchev–Trinajstić information content (AvgIpc) is 2.82. The second kappa shape index (κ2) is 11.7. The summed E-state index contributed by atoms with van der Waals surface area (Å²) in [4.78, 5) is 48.8. The van der Waals surface area contributed by atoms with E-state index in [1.165, 1.54) is 30.3 Å². The molecule has 3 amide bonds. The minimum atomic E-state index is -1.49. The van der Waals surface area contributed by atoms with E-state index in [1.54, 1.807) is 42.5 Å². The number of carbonyl (C=O) groups excluding carboxylic acids is 3. The molecule has 0 saturated carbocycles. The predicted octanol–water partition coefficient (Wildman–Crippen LogP) is 3.19. The van der Waals surface area contributed by atoms with Crippen LogP contribution in [0.1, 0.15) is 32.7 Å². The first-order valence-corrected chi connectivity index (χ1v) is 10.8. The van der Waals surface area contributed by atoms with Gasteiger partial charge in [0.15, 0.2) is 0 Å². The molecule has 5 N–H and O–H groups in total. The Balaban J connectivity index is 1.61. The number of carbonyl (C=O) groups is 4. The van der Waals surface area contributed by atoms with Crippen LogP contribution in [0.15, 0.2) is 72.8 Å². The fraction of sp³-hybridized carbons (Fsp3) is 0.120. The zero-order valence-corrected chi connectivity index (χ0v) is 19.1. The van der Waals surface area contributed by atoms with Crippen LogP contribution in [0.2, 0.25) is 5.02 Å². The highest BCUT2D eigenvalue weighted by molar-refractivity contribution is 6.34. The minimum absolute atomic E-state index is 0.0501. The molecule has 0 aliphatic rings. The number of hydrogen-bond acceptors (Lipinski definition) is 5. The third kappa shape index (κ3) is 7.31. The number of hydrogen-bond donors (Lipinski definition) is 5. The molecule has 0 aromatic heterocycles. The van der Waals surface area contributed by atoms with Gasteiger partial charge in [0.1, 0.15) is 11.8 Å². The maximum Gasteiger partial charge on any atom is 0.326 e. The smallest absolute Gasteiger partial charge is 0.326 e. The van der Waals surface area contributed by atoms with E-state index < -0.39 is 36.2 Å². The highest BCUT2D eigenvalue weighted by Gasteiger charge is 2.25. The summed E-state index contributed by atoms with van der Waals surface area (Å²) in [6.45, 7) is 0.165. The van der Waals surface area contributed by atoms with E-state index in [2.05, 4.69) is 16.0 Å². The molecule has 0 fully saturated rings. The molecule has 0 radical (unpaired) electrons. The SMILES string of the molecule is O=C(C[C@H](NC(=O)c1ccc(C(=O)NCc2cccc(O)c2)cc1Cl)C(=O)O)Nc1ccccc1. The van der Waals surface area contributed by atoms with Crippen LogP contribution < -0.4 is 16.0 Å². The van der Waals surface area contributed by atoms with Crippen LogP contribution >= 0.6 is 11.6 Å². The van der Waals surface area contributed by atoms with Gasteiger partial charge in [0, 0.05) is 17.8 Å². The van der Waals surface area contributed by atoms with Gasteiger partial charge in [-0.2, -0.15) is 0 Å². The number of nitrogens with one attached hydrogen (secondary N) is 3. The number of aliphatic carboxylic acids is 1. The average molecular weight is 496 g/mol. The molecule has 9 nitrogen and oxygen atoms in total. The van der Waals surface area contributed by atoms with Crippen LogP contribution in [0.5, 0.6) is 5.75 Å². The highest BCUT2D eigenvalue weighted by atomic mass is 35.5. The summed E-state index contributed by atoms with van der Waals surface area (Å²) in [5, 5.41) is 26.4. The van der Waals surface area contributed by atoms with Crippen LogP contribution in [0.3, 0.4) is 0 Å². The lowest BCUT2D eigenvalue weighted by Gasteiger charge is -2.15. The third-order valence-electron chi connectivity index (χ3n) is 4.89. The van der Waals surface area contributed by atoms with Gasteiger partial charge >= 0.3 is 5.97 Å². The fourth-order valence-electron chi connectivity index (χ4n) is 3.15. The minimum Gasteiger partial charge on any atom is -0.508 e. The van der Waals surface area contributed by atoms with Crippen molar-refractivity contribution in [2.45, 2.75) is 19.0 Å². The fourth-order valence-corrected chi connectivity index (χ4v) is 3.41. The van der Waals surface area contributed by atoms with Gasteiger partial charge in [-0.05, 0) is 48.0 Å². The van der Waals surface area contributed by atoms with Gasteiger partial charge in [-0.25, -0.2) is 4.79 Å². The Kier molecular flexibility index (Phi) is 8.42. The number of para-hydroxylation sites is 1. The molecule has 0 aliphatic carbocycles. The maximum atomic E-state index is 12.6. The van der Waals surface area contributed by atoms with Crippen molar-refractivity contribution in [2.75, 3.05) is 5.32 Å². The van der Waals surface area contributed by atoms with Crippen molar-refractivity contribution in [3.05, 3.63) is 94.5 Å². The molecule has 0 heterocycles. The summed E-state index contributed by atoms with van der Waals surface area (Å²) in [6.07, 6.45) is -0.497. The second-order valence-electron chi connectivity index (χ2n) is 7.53. The molecule has 10 heteroatoms. The summed E-state index contributed by atoms with van der Waals surface area (Å²) < 4.78 is 0. The molecule has 0 unspecified atom stereocenters. The Morgan fingerprint density at radius 1 is 0.886 bits per heavy atom. The van der Waals surface area contributed by atoms with Crippen molar-refractivity contribution in [3.63, 3.8) is 0 Å². The van der Waals surface area contributed by atoms with Crippen molar-refractivity contribution in [2.24, 2.45) is 0 Å².